The third-order valence-corrected chi connectivity index (χ3v) is 5.84. The molecule has 6 heteroatoms. The van der Waals surface area contributed by atoms with Crippen molar-refractivity contribution in [3.8, 4) is 5.75 Å². The van der Waals surface area contributed by atoms with Crippen LogP contribution in [0.25, 0.3) is 0 Å². The molecule has 2 aromatic carbocycles. The van der Waals surface area contributed by atoms with Crippen LogP contribution in [0.3, 0.4) is 0 Å². The van der Waals surface area contributed by atoms with Gasteiger partial charge in [0, 0.05) is 29.4 Å². The van der Waals surface area contributed by atoms with Gasteiger partial charge in [-0.25, -0.2) is 0 Å². The van der Waals surface area contributed by atoms with E-state index in [0.717, 1.165) is 37.1 Å². The van der Waals surface area contributed by atoms with Gasteiger partial charge in [0.05, 0.1) is 0 Å². The Balaban J connectivity index is 1.58. The molecule has 0 bridgehead atoms. The van der Waals surface area contributed by atoms with E-state index in [1.807, 2.05) is 18.7 Å². The zero-order valence-electron chi connectivity index (χ0n) is 17.1. The number of benzene rings is 2. The van der Waals surface area contributed by atoms with Crippen molar-refractivity contribution < 1.29 is 14.3 Å². The normalized spacial score (nSPS) is 14.6. The molecule has 0 atom stereocenters. The first-order valence-electron chi connectivity index (χ1n) is 9.92. The van der Waals surface area contributed by atoms with Gasteiger partial charge in [-0.15, -0.1) is 0 Å². The van der Waals surface area contributed by atoms with Crippen molar-refractivity contribution in [2.45, 2.75) is 33.6 Å². The lowest BCUT2D eigenvalue weighted by Crippen LogP contribution is -2.37. The minimum Gasteiger partial charge on any atom is -0.484 e. The molecule has 2 aromatic rings. The topological polar surface area (TPSA) is 58.6 Å². The molecular formula is C23H27ClN2O3. The van der Waals surface area contributed by atoms with E-state index in [4.69, 9.17) is 16.3 Å². The van der Waals surface area contributed by atoms with Crippen LogP contribution in [0.15, 0.2) is 36.4 Å². The first-order chi connectivity index (χ1) is 13.8. The minimum atomic E-state index is -0.286. The first-order valence-corrected chi connectivity index (χ1v) is 10.3. The van der Waals surface area contributed by atoms with E-state index in [-0.39, 0.29) is 18.4 Å². The smallest absolute Gasteiger partial charge is 0.262 e. The van der Waals surface area contributed by atoms with Gasteiger partial charge < -0.3 is 15.0 Å². The molecule has 1 saturated heterocycles. The van der Waals surface area contributed by atoms with Crippen LogP contribution in [0, 0.1) is 19.8 Å². The van der Waals surface area contributed by atoms with Gasteiger partial charge in [0.15, 0.2) is 6.61 Å². The fraction of sp³-hybridized carbons (Fsp3) is 0.391. The Bertz CT molecular complexity index is 882. The number of hydrogen-bond acceptors (Lipinski definition) is 3. The third-order valence-electron chi connectivity index (χ3n) is 5.24. The summed E-state index contributed by atoms with van der Waals surface area (Å²) in [6, 6.07) is 10.7. The highest BCUT2D eigenvalue weighted by Gasteiger charge is 2.21. The van der Waals surface area contributed by atoms with E-state index in [9.17, 15) is 9.59 Å². The van der Waals surface area contributed by atoms with Gasteiger partial charge in [-0.05, 0) is 74.1 Å². The average molecular weight is 415 g/mol. The Morgan fingerprint density at radius 2 is 1.79 bits per heavy atom. The van der Waals surface area contributed by atoms with Gasteiger partial charge >= 0.3 is 0 Å². The maximum atomic E-state index is 12.7. The molecule has 2 amide bonds. The van der Waals surface area contributed by atoms with Crippen LogP contribution in [0.5, 0.6) is 5.75 Å². The number of anilines is 1. The molecule has 5 nitrogen and oxygen atoms in total. The van der Waals surface area contributed by atoms with Crippen molar-refractivity contribution in [2.24, 2.45) is 5.92 Å². The van der Waals surface area contributed by atoms with Gasteiger partial charge in [-0.1, -0.05) is 24.6 Å². The van der Waals surface area contributed by atoms with E-state index in [0.29, 0.717) is 27.9 Å². The average Bonchev–Trinajstić information content (AvgIpc) is 2.70. The number of carbonyl (C=O) groups is 2. The zero-order chi connectivity index (χ0) is 21.0. The Hall–Kier alpha value is -2.53. The van der Waals surface area contributed by atoms with E-state index < -0.39 is 0 Å². The lowest BCUT2D eigenvalue weighted by atomic mass is 9.98. The summed E-state index contributed by atoms with van der Waals surface area (Å²) >= 11 is 6.16. The molecule has 1 aliphatic rings. The van der Waals surface area contributed by atoms with Gasteiger partial charge in [0.25, 0.3) is 11.8 Å². The molecule has 1 heterocycles. The fourth-order valence-electron chi connectivity index (χ4n) is 3.46. The number of piperidine rings is 1. The van der Waals surface area contributed by atoms with Crippen molar-refractivity contribution in [3.63, 3.8) is 0 Å². The molecule has 0 spiro atoms. The Kier molecular flexibility index (Phi) is 6.80. The Labute approximate surface area is 177 Å². The summed E-state index contributed by atoms with van der Waals surface area (Å²) < 4.78 is 5.59. The number of rotatable bonds is 5. The summed E-state index contributed by atoms with van der Waals surface area (Å²) in [7, 11) is 0. The Morgan fingerprint density at radius 3 is 2.45 bits per heavy atom. The van der Waals surface area contributed by atoms with Crippen LogP contribution in [0.2, 0.25) is 5.02 Å². The highest BCUT2D eigenvalue weighted by molar-refractivity contribution is 6.32. The SMILES string of the molecule is Cc1cc(OCC(=O)Nc2cccc(C(=O)N3CCC(C)CC3)c2)cc(C)c1Cl. The van der Waals surface area contributed by atoms with Crippen molar-refractivity contribution in [3.05, 3.63) is 58.1 Å². The predicted octanol–water partition coefficient (Wildman–Crippen LogP) is 4.85. The molecule has 0 saturated carbocycles. The molecule has 154 valence electrons. The molecular weight excluding hydrogens is 388 g/mol. The van der Waals surface area contributed by atoms with E-state index in [1.165, 1.54) is 0 Å². The standard InChI is InChI=1S/C23H27ClN2O3/c1-15-7-9-26(10-8-15)23(28)18-5-4-6-19(13-18)25-21(27)14-29-20-11-16(2)22(24)17(3)12-20/h4-6,11-13,15H,7-10,14H2,1-3H3,(H,25,27). The second kappa shape index (κ2) is 9.31. The van der Waals surface area contributed by atoms with E-state index in [2.05, 4.69) is 12.2 Å². The quantitative estimate of drug-likeness (QED) is 0.761. The van der Waals surface area contributed by atoms with Crippen molar-refractivity contribution in [1.29, 1.82) is 0 Å². The number of hydrogen-bond donors (Lipinski definition) is 1. The molecule has 3 rings (SSSR count). The molecule has 1 N–H and O–H groups in total. The van der Waals surface area contributed by atoms with Crippen molar-refractivity contribution >= 4 is 29.1 Å². The number of ether oxygens (including phenoxy) is 1. The monoisotopic (exact) mass is 414 g/mol. The number of aryl methyl sites for hydroxylation is 2. The number of carbonyl (C=O) groups excluding carboxylic acids is 2. The van der Waals surface area contributed by atoms with Crippen LogP contribution in [-0.2, 0) is 4.79 Å². The van der Waals surface area contributed by atoms with Crippen molar-refractivity contribution in [2.75, 3.05) is 25.0 Å². The number of nitrogens with zero attached hydrogens (tertiary/aromatic N) is 1. The minimum absolute atomic E-state index is 0.0105. The summed E-state index contributed by atoms with van der Waals surface area (Å²) in [4.78, 5) is 26.9. The molecule has 0 aliphatic carbocycles. The number of halogens is 1. The molecule has 1 fully saturated rings. The van der Waals surface area contributed by atoms with E-state index >= 15 is 0 Å². The van der Waals surface area contributed by atoms with Crippen LogP contribution in [0.1, 0.15) is 41.3 Å². The maximum absolute atomic E-state index is 12.7. The van der Waals surface area contributed by atoms with E-state index in [1.54, 1.807) is 36.4 Å². The van der Waals surface area contributed by atoms with Crippen LogP contribution >= 0.6 is 11.6 Å². The van der Waals surface area contributed by atoms with Gasteiger partial charge in [0.2, 0.25) is 0 Å². The fourth-order valence-corrected chi connectivity index (χ4v) is 3.57. The zero-order valence-corrected chi connectivity index (χ0v) is 17.9. The summed E-state index contributed by atoms with van der Waals surface area (Å²) in [5.74, 6) is 0.990. The molecule has 0 radical (unpaired) electrons. The lowest BCUT2D eigenvalue weighted by molar-refractivity contribution is -0.118. The highest BCUT2D eigenvalue weighted by atomic mass is 35.5. The Morgan fingerprint density at radius 1 is 1.14 bits per heavy atom. The molecule has 1 aliphatic heterocycles. The number of likely N-dealkylation sites (tertiary alicyclic amines) is 1. The highest BCUT2D eigenvalue weighted by Crippen LogP contribution is 2.26. The van der Waals surface area contributed by atoms with Gasteiger partial charge in [-0.2, -0.15) is 0 Å². The van der Waals surface area contributed by atoms with Crippen LogP contribution in [0.4, 0.5) is 5.69 Å². The number of amides is 2. The first kappa shape index (κ1) is 21.2. The molecule has 0 aromatic heterocycles. The van der Waals surface area contributed by atoms with Gasteiger partial charge in [0.1, 0.15) is 5.75 Å². The predicted molar refractivity (Wildman–Crippen MR) is 116 cm³/mol. The van der Waals surface area contributed by atoms with Crippen LogP contribution < -0.4 is 10.1 Å². The lowest BCUT2D eigenvalue weighted by Gasteiger charge is -2.30. The second-order valence-corrected chi connectivity index (χ2v) is 8.14. The summed E-state index contributed by atoms with van der Waals surface area (Å²) in [6.07, 6.45) is 2.06. The largest absolute Gasteiger partial charge is 0.484 e. The maximum Gasteiger partial charge on any atom is 0.262 e. The number of nitrogens with one attached hydrogen (secondary N) is 1. The van der Waals surface area contributed by atoms with Gasteiger partial charge in [-0.3, -0.25) is 9.59 Å². The summed E-state index contributed by atoms with van der Waals surface area (Å²) in [5.41, 5.74) is 2.97. The van der Waals surface area contributed by atoms with Crippen molar-refractivity contribution in [1.82, 2.24) is 4.90 Å². The molecule has 0 unspecified atom stereocenters. The van der Waals surface area contributed by atoms with Crippen LogP contribution in [-0.4, -0.2) is 36.4 Å². The second-order valence-electron chi connectivity index (χ2n) is 7.76. The summed E-state index contributed by atoms with van der Waals surface area (Å²) in [6.45, 7) is 7.45. The third kappa shape index (κ3) is 5.51. The summed E-state index contributed by atoms with van der Waals surface area (Å²) in [5, 5.41) is 3.50. The molecule has 29 heavy (non-hydrogen) atoms.